The van der Waals surface area contributed by atoms with Gasteiger partial charge in [-0.1, -0.05) is 29.0 Å². The van der Waals surface area contributed by atoms with Crippen LogP contribution in [0.15, 0.2) is 0 Å². The quantitative estimate of drug-likeness (QED) is 0.480. The largest absolute Gasteiger partial charge is 0.465 e. The van der Waals surface area contributed by atoms with Gasteiger partial charge in [0.15, 0.2) is 0 Å². The average Bonchev–Trinajstić information content (AvgIpc) is 2.01. The van der Waals surface area contributed by atoms with Crippen LogP contribution in [0.5, 0.6) is 0 Å². The van der Waals surface area contributed by atoms with Gasteiger partial charge in [-0.15, -0.1) is 0 Å². The molecule has 0 aromatic rings. The smallest absolute Gasteiger partial charge is 0.407 e. The van der Waals surface area contributed by atoms with Crippen molar-refractivity contribution in [2.45, 2.75) is 45.6 Å². The molecule has 0 heterocycles. The fraction of sp³-hybridized carbons (Fsp3) is 0.900. The van der Waals surface area contributed by atoms with Gasteiger partial charge in [0.05, 0.1) is 0 Å². The number of rotatable bonds is 5. The van der Waals surface area contributed by atoms with Crippen molar-refractivity contribution in [1.29, 1.82) is 0 Å². The van der Waals surface area contributed by atoms with Crippen LogP contribution in [0.3, 0.4) is 0 Å². The van der Waals surface area contributed by atoms with E-state index in [-0.39, 0.29) is 5.54 Å². The van der Waals surface area contributed by atoms with Gasteiger partial charge >= 0.3 is 6.09 Å². The van der Waals surface area contributed by atoms with Crippen LogP contribution in [0.1, 0.15) is 40.0 Å². The lowest BCUT2D eigenvalue weighted by Gasteiger charge is -2.33. The molecular formula is C10H20INO2. The molecule has 0 saturated carbocycles. The lowest BCUT2D eigenvalue weighted by atomic mass is 10.1. The molecule has 1 N–H and O–H groups in total. The van der Waals surface area contributed by atoms with Crippen molar-refractivity contribution in [1.82, 2.24) is 4.90 Å². The van der Waals surface area contributed by atoms with E-state index >= 15 is 0 Å². The summed E-state index contributed by atoms with van der Waals surface area (Å²) in [6, 6.07) is 0. The van der Waals surface area contributed by atoms with Crippen LogP contribution in [0.2, 0.25) is 0 Å². The van der Waals surface area contributed by atoms with Crippen LogP contribution in [0, 0.1) is 0 Å². The molecular weight excluding hydrogens is 293 g/mol. The van der Waals surface area contributed by atoms with E-state index in [2.05, 4.69) is 22.6 Å². The summed E-state index contributed by atoms with van der Waals surface area (Å²) in [4.78, 5) is 12.4. The summed E-state index contributed by atoms with van der Waals surface area (Å²) in [7, 11) is 0. The lowest BCUT2D eigenvalue weighted by Crippen LogP contribution is -2.45. The molecule has 3 nitrogen and oxygen atoms in total. The Hall–Kier alpha value is 0. The molecule has 0 aromatic heterocycles. The topological polar surface area (TPSA) is 40.5 Å². The average molecular weight is 313 g/mol. The van der Waals surface area contributed by atoms with E-state index in [0.29, 0.717) is 6.54 Å². The lowest BCUT2D eigenvalue weighted by molar-refractivity contribution is 0.0991. The molecule has 0 aliphatic heterocycles. The minimum absolute atomic E-state index is 0.282. The zero-order valence-corrected chi connectivity index (χ0v) is 11.4. The molecule has 0 rings (SSSR count). The minimum Gasteiger partial charge on any atom is -0.465 e. The van der Waals surface area contributed by atoms with Crippen molar-refractivity contribution < 1.29 is 9.90 Å². The number of hydrogen-bond acceptors (Lipinski definition) is 1. The van der Waals surface area contributed by atoms with Crippen LogP contribution in [0.25, 0.3) is 0 Å². The zero-order valence-electron chi connectivity index (χ0n) is 9.22. The molecule has 0 bridgehead atoms. The Bertz CT molecular complexity index is 177. The molecule has 0 aliphatic carbocycles. The van der Waals surface area contributed by atoms with Gasteiger partial charge in [-0.25, -0.2) is 4.79 Å². The van der Waals surface area contributed by atoms with E-state index in [0.717, 1.165) is 17.3 Å². The highest BCUT2D eigenvalue weighted by molar-refractivity contribution is 14.1. The van der Waals surface area contributed by atoms with E-state index in [9.17, 15) is 4.79 Å². The van der Waals surface area contributed by atoms with E-state index in [1.807, 2.05) is 20.8 Å². The third-order valence-electron chi connectivity index (χ3n) is 2.06. The molecule has 0 spiro atoms. The van der Waals surface area contributed by atoms with Gasteiger partial charge < -0.3 is 10.0 Å². The predicted octanol–water partition coefficient (Wildman–Crippen LogP) is 3.37. The van der Waals surface area contributed by atoms with Crippen molar-refractivity contribution in [3.8, 4) is 0 Å². The van der Waals surface area contributed by atoms with E-state index in [4.69, 9.17) is 5.11 Å². The van der Waals surface area contributed by atoms with Gasteiger partial charge in [0.1, 0.15) is 0 Å². The molecule has 84 valence electrons. The number of carbonyl (C=O) groups is 1. The molecule has 14 heavy (non-hydrogen) atoms. The van der Waals surface area contributed by atoms with Crippen LogP contribution in [-0.2, 0) is 0 Å². The first-order valence-electron chi connectivity index (χ1n) is 4.96. The maximum absolute atomic E-state index is 10.9. The monoisotopic (exact) mass is 313 g/mol. The van der Waals surface area contributed by atoms with E-state index < -0.39 is 6.09 Å². The third-order valence-corrected chi connectivity index (χ3v) is 2.82. The predicted molar refractivity (Wildman–Crippen MR) is 67.2 cm³/mol. The Morgan fingerprint density at radius 1 is 1.29 bits per heavy atom. The number of amides is 1. The van der Waals surface area contributed by atoms with Gasteiger partial charge in [0.25, 0.3) is 0 Å². The second-order valence-corrected chi connectivity index (χ2v) is 5.43. The fourth-order valence-electron chi connectivity index (χ4n) is 1.26. The normalized spacial score (nSPS) is 11.4. The summed E-state index contributed by atoms with van der Waals surface area (Å²) in [5.74, 6) is 0. The van der Waals surface area contributed by atoms with Crippen molar-refractivity contribution in [2.24, 2.45) is 0 Å². The van der Waals surface area contributed by atoms with Crippen molar-refractivity contribution in [2.75, 3.05) is 11.0 Å². The van der Waals surface area contributed by atoms with Crippen molar-refractivity contribution >= 4 is 28.7 Å². The Morgan fingerprint density at radius 3 is 2.21 bits per heavy atom. The number of hydrogen-bond donors (Lipinski definition) is 1. The molecule has 4 heteroatoms. The second-order valence-electron chi connectivity index (χ2n) is 4.35. The van der Waals surface area contributed by atoms with Crippen molar-refractivity contribution in [3.63, 3.8) is 0 Å². The van der Waals surface area contributed by atoms with E-state index in [1.165, 1.54) is 11.3 Å². The molecule has 0 unspecified atom stereocenters. The van der Waals surface area contributed by atoms with Crippen LogP contribution < -0.4 is 0 Å². The highest BCUT2D eigenvalue weighted by Gasteiger charge is 2.24. The number of unbranched alkanes of at least 4 members (excludes halogenated alkanes) is 2. The summed E-state index contributed by atoms with van der Waals surface area (Å²) in [6.45, 7) is 6.44. The van der Waals surface area contributed by atoms with Gasteiger partial charge in [0.2, 0.25) is 0 Å². The first kappa shape index (κ1) is 14.0. The summed E-state index contributed by atoms with van der Waals surface area (Å²) < 4.78 is 1.15. The van der Waals surface area contributed by atoms with Crippen LogP contribution >= 0.6 is 22.6 Å². The first-order valence-corrected chi connectivity index (χ1v) is 6.48. The maximum atomic E-state index is 10.9. The highest BCUT2D eigenvalue weighted by Crippen LogP contribution is 2.14. The SMILES string of the molecule is CC(C)(C)N(CCCCCI)C(=O)O. The Morgan fingerprint density at radius 2 is 1.86 bits per heavy atom. The summed E-state index contributed by atoms with van der Waals surface area (Å²) in [5, 5.41) is 8.99. The number of nitrogens with zero attached hydrogens (tertiary/aromatic N) is 1. The molecule has 0 atom stereocenters. The Balaban J connectivity index is 3.94. The fourth-order valence-corrected chi connectivity index (χ4v) is 1.80. The van der Waals surface area contributed by atoms with Gasteiger partial charge in [-0.05, 0) is 38.0 Å². The summed E-state index contributed by atoms with van der Waals surface area (Å²) in [6.07, 6.45) is 2.44. The summed E-state index contributed by atoms with van der Waals surface area (Å²) in [5.41, 5.74) is -0.282. The van der Waals surface area contributed by atoms with Crippen LogP contribution in [0.4, 0.5) is 4.79 Å². The van der Waals surface area contributed by atoms with Crippen molar-refractivity contribution in [3.05, 3.63) is 0 Å². The van der Waals surface area contributed by atoms with Gasteiger partial charge in [0, 0.05) is 12.1 Å². The molecule has 0 aromatic carbocycles. The third kappa shape index (κ3) is 5.67. The van der Waals surface area contributed by atoms with Gasteiger partial charge in [-0.3, -0.25) is 0 Å². The Labute approximate surface area is 100 Å². The zero-order chi connectivity index (χ0) is 11.2. The molecule has 0 radical (unpaired) electrons. The highest BCUT2D eigenvalue weighted by atomic mass is 127. The minimum atomic E-state index is -0.813. The standard InChI is InChI=1S/C10H20INO2/c1-10(2,3)12(9(13)14)8-6-4-5-7-11/h4-8H2,1-3H3,(H,13,14). The summed E-state index contributed by atoms with van der Waals surface area (Å²) >= 11 is 2.34. The number of alkyl halides is 1. The van der Waals surface area contributed by atoms with Gasteiger partial charge in [-0.2, -0.15) is 0 Å². The van der Waals surface area contributed by atoms with Crippen LogP contribution in [-0.4, -0.2) is 32.6 Å². The molecule has 0 saturated heterocycles. The number of carboxylic acid groups (broad SMARTS) is 1. The molecule has 0 fully saturated rings. The number of halogens is 1. The molecule has 1 amide bonds. The van der Waals surface area contributed by atoms with E-state index in [1.54, 1.807) is 0 Å². The Kier molecular flexibility index (Phi) is 6.48. The second kappa shape index (κ2) is 6.48. The maximum Gasteiger partial charge on any atom is 0.407 e. The first-order chi connectivity index (χ1) is 6.39. The molecule has 0 aliphatic rings.